The molecule has 2 heterocycles. The minimum absolute atomic E-state index is 0.518. The van der Waals surface area contributed by atoms with Gasteiger partial charge in [0.15, 0.2) is 12.4 Å². The third kappa shape index (κ3) is 2.07. The lowest BCUT2D eigenvalue weighted by molar-refractivity contribution is -0.0591. The van der Waals surface area contributed by atoms with Crippen molar-refractivity contribution in [2.75, 3.05) is 6.61 Å². The van der Waals surface area contributed by atoms with Gasteiger partial charge in [-0.25, -0.2) is 9.18 Å². The number of hydrogen-bond acceptors (Lipinski definition) is 5. The lowest BCUT2D eigenvalue weighted by atomic mass is 10.1. The van der Waals surface area contributed by atoms with Crippen LogP contribution in [0, 0.1) is 0 Å². The SMILES string of the molecule is CC1=CN([C@H]2O[C@H](CO)[C@H](O)[C@H]2[18F])C(=O)N[C@H]1N. The first-order chi connectivity index (χ1) is 8.45. The van der Waals surface area contributed by atoms with Crippen LogP contribution >= 0.6 is 0 Å². The van der Waals surface area contributed by atoms with E-state index in [1.807, 2.05) is 0 Å². The summed E-state index contributed by atoms with van der Waals surface area (Å²) < 4.78 is 19.0. The Kier molecular flexibility index (Phi) is 3.53. The molecule has 1 fully saturated rings. The van der Waals surface area contributed by atoms with Crippen LogP contribution < -0.4 is 11.1 Å². The van der Waals surface area contributed by atoms with Crippen LogP contribution in [0.1, 0.15) is 6.92 Å². The number of nitrogens with one attached hydrogen (secondary N) is 1. The van der Waals surface area contributed by atoms with Crippen molar-refractivity contribution in [1.29, 1.82) is 0 Å². The zero-order chi connectivity index (χ0) is 13.4. The summed E-state index contributed by atoms with van der Waals surface area (Å²) in [5, 5.41) is 20.9. The molecule has 0 radical (unpaired) electrons. The van der Waals surface area contributed by atoms with Crippen molar-refractivity contribution >= 4 is 6.03 Å². The molecule has 7 nitrogen and oxygen atoms in total. The number of ether oxygens (including phenoxy) is 1. The summed E-state index contributed by atoms with van der Waals surface area (Å²) >= 11 is 0. The monoisotopic (exact) mass is 260 g/mol. The van der Waals surface area contributed by atoms with Gasteiger partial charge in [0.2, 0.25) is 0 Å². The van der Waals surface area contributed by atoms with Gasteiger partial charge in [-0.2, -0.15) is 0 Å². The first-order valence-corrected chi connectivity index (χ1v) is 5.57. The molecule has 1 saturated heterocycles. The molecule has 18 heavy (non-hydrogen) atoms. The first-order valence-electron chi connectivity index (χ1n) is 5.57. The van der Waals surface area contributed by atoms with Crippen LogP contribution in [-0.2, 0) is 4.74 Å². The van der Waals surface area contributed by atoms with Gasteiger partial charge in [-0.3, -0.25) is 4.90 Å². The summed E-state index contributed by atoms with van der Waals surface area (Å²) in [6, 6.07) is -0.605. The average molecular weight is 260 g/mol. The maximum atomic E-state index is 13.8. The van der Waals surface area contributed by atoms with Gasteiger partial charge in [0.05, 0.1) is 6.61 Å². The van der Waals surface area contributed by atoms with E-state index in [4.69, 9.17) is 15.6 Å². The second-order valence-electron chi connectivity index (χ2n) is 4.39. The van der Waals surface area contributed by atoms with E-state index in [1.165, 1.54) is 6.20 Å². The van der Waals surface area contributed by atoms with Gasteiger partial charge in [-0.1, -0.05) is 0 Å². The summed E-state index contributed by atoms with van der Waals surface area (Å²) in [4.78, 5) is 12.7. The minimum atomic E-state index is -1.79. The van der Waals surface area contributed by atoms with Crippen LogP contribution in [0.25, 0.3) is 0 Å². The number of rotatable bonds is 2. The number of carbonyl (C=O) groups is 1. The number of aliphatic hydroxyl groups is 2. The fourth-order valence-electron chi connectivity index (χ4n) is 1.95. The van der Waals surface area contributed by atoms with Crippen LogP contribution in [0.4, 0.5) is 9.18 Å². The molecule has 0 saturated carbocycles. The zero-order valence-corrected chi connectivity index (χ0v) is 9.78. The number of halogens is 1. The molecule has 2 aliphatic rings. The van der Waals surface area contributed by atoms with Gasteiger partial charge in [0.25, 0.3) is 0 Å². The number of urea groups is 1. The van der Waals surface area contributed by atoms with E-state index in [1.54, 1.807) is 6.92 Å². The number of hydrogen-bond donors (Lipinski definition) is 4. The van der Waals surface area contributed by atoms with Gasteiger partial charge in [0.1, 0.15) is 18.4 Å². The summed E-state index contributed by atoms with van der Waals surface area (Å²) in [6.07, 6.45) is -4.79. The van der Waals surface area contributed by atoms with Crippen LogP contribution in [0.15, 0.2) is 11.8 Å². The molecule has 0 bridgehead atoms. The number of nitrogens with two attached hydrogens (primary N) is 1. The molecule has 5 N–H and O–H groups in total. The summed E-state index contributed by atoms with van der Waals surface area (Å²) in [7, 11) is 0. The predicted octanol–water partition coefficient (Wildman–Crippen LogP) is -1.38. The number of amides is 2. The van der Waals surface area contributed by atoms with Gasteiger partial charge < -0.3 is 26.0 Å². The van der Waals surface area contributed by atoms with Crippen molar-refractivity contribution in [2.45, 2.75) is 37.7 Å². The molecular weight excluding hydrogens is 244 g/mol. The molecule has 0 aliphatic carbocycles. The molecule has 2 rings (SSSR count). The molecule has 5 atom stereocenters. The molecule has 8 heteroatoms. The first kappa shape index (κ1) is 13.2. The van der Waals surface area contributed by atoms with Crippen molar-refractivity contribution in [3.05, 3.63) is 11.8 Å². The standard InChI is InChI=1S/C10H16FN3O4/c1-4-2-14(10(17)13-8(4)12)9-6(11)7(16)5(3-15)18-9/h2,5-9,15-16H,3,12H2,1H3,(H,13,17)/t5-,6-,7+,8-,9+/m1/s1/i11-1. The molecule has 2 amide bonds. The van der Waals surface area contributed by atoms with E-state index in [2.05, 4.69) is 5.32 Å². The maximum absolute atomic E-state index is 13.8. The smallest absolute Gasteiger partial charge is 0.325 e. The predicted molar refractivity (Wildman–Crippen MR) is 58.8 cm³/mol. The third-order valence-corrected chi connectivity index (χ3v) is 3.09. The number of carbonyl (C=O) groups excluding carboxylic acids is 1. The van der Waals surface area contributed by atoms with E-state index in [0.717, 1.165) is 4.90 Å². The van der Waals surface area contributed by atoms with Crippen LogP contribution in [0.5, 0.6) is 0 Å². The quantitative estimate of drug-likeness (QED) is 0.489. The fourth-order valence-corrected chi connectivity index (χ4v) is 1.95. The van der Waals surface area contributed by atoms with E-state index in [9.17, 15) is 14.3 Å². The highest BCUT2D eigenvalue weighted by molar-refractivity contribution is 5.77. The Morgan fingerprint density at radius 2 is 2.33 bits per heavy atom. The molecule has 2 aliphatic heterocycles. The molecule has 0 spiro atoms. The van der Waals surface area contributed by atoms with Crippen molar-refractivity contribution in [1.82, 2.24) is 10.2 Å². The lowest BCUT2D eigenvalue weighted by Gasteiger charge is -2.33. The van der Waals surface area contributed by atoms with Crippen LogP contribution in [0.2, 0.25) is 0 Å². The fraction of sp³-hybridized carbons (Fsp3) is 0.700. The van der Waals surface area contributed by atoms with E-state index < -0.39 is 43.4 Å². The minimum Gasteiger partial charge on any atom is -0.394 e. The molecule has 0 aromatic rings. The average Bonchev–Trinajstić information content (AvgIpc) is 2.61. The van der Waals surface area contributed by atoms with Crippen molar-refractivity contribution in [2.24, 2.45) is 5.73 Å². The van der Waals surface area contributed by atoms with Gasteiger partial charge in [-0.15, -0.1) is 0 Å². The lowest BCUT2D eigenvalue weighted by Crippen LogP contribution is -2.56. The number of nitrogens with zero attached hydrogens (tertiary/aromatic N) is 1. The Morgan fingerprint density at radius 3 is 2.89 bits per heavy atom. The van der Waals surface area contributed by atoms with Gasteiger partial charge in [0, 0.05) is 6.20 Å². The maximum Gasteiger partial charge on any atom is 0.325 e. The zero-order valence-electron chi connectivity index (χ0n) is 9.78. The number of aliphatic hydroxyl groups excluding tert-OH is 2. The number of alkyl halides is 1. The molecule has 102 valence electrons. The summed E-state index contributed by atoms with van der Waals surface area (Å²) in [5.74, 6) is 0. The third-order valence-electron chi connectivity index (χ3n) is 3.09. The van der Waals surface area contributed by atoms with E-state index in [0.29, 0.717) is 5.57 Å². The second kappa shape index (κ2) is 4.81. The highest BCUT2D eigenvalue weighted by Gasteiger charge is 2.48. The Labute approximate surface area is 103 Å². The molecule has 0 aromatic heterocycles. The van der Waals surface area contributed by atoms with Gasteiger partial charge in [-0.05, 0) is 12.5 Å². The van der Waals surface area contributed by atoms with E-state index >= 15 is 0 Å². The molecule has 0 unspecified atom stereocenters. The van der Waals surface area contributed by atoms with Crippen molar-refractivity contribution in [3.63, 3.8) is 0 Å². The largest absolute Gasteiger partial charge is 0.394 e. The normalized spacial score (nSPS) is 40.7. The Balaban J connectivity index is 2.19. The highest BCUT2D eigenvalue weighted by Crippen LogP contribution is 2.28. The Morgan fingerprint density at radius 1 is 1.67 bits per heavy atom. The van der Waals surface area contributed by atoms with Crippen molar-refractivity contribution in [3.8, 4) is 0 Å². The second-order valence-corrected chi connectivity index (χ2v) is 4.39. The Hall–Kier alpha value is -1.22. The summed E-state index contributed by atoms with van der Waals surface area (Å²) in [5.41, 5.74) is 6.23. The summed E-state index contributed by atoms with van der Waals surface area (Å²) in [6.45, 7) is 1.16. The molecule has 0 aromatic carbocycles. The topological polar surface area (TPSA) is 108 Å². The van der Waals surface area contributed by atoms with E-state index in [-0.39, 0.29) is 0 Å². The molecular formula is C10H16FN3O4. The van der Waals surface area contributed by atoms with Crippen LogP contribution in [0.3, 0.4) is 0 Å². The Bertz CT molecular complexity index is 378. The van der Waals surface area contributed by atoms with Gasteiger partial charge >= 0.3 is 6.03 Å². The van der Waals surface area contributed by atoms with Crippen LogP contribution in [-0.4, -0.2) is 58.5 Å². The van der Waals surface area contributed by atoms with Crippen molar-refractivity contribution < 1.29 is 24.1 Å². The highest BCUT2D eigenvalue weighted by atomic mass is 18.2.